The fraction of sp³-hybridized carbons (Fsp3) is 0.500. The van der Waals surface area contributed by atoms with E-state index in [1.54, 1.807) is 6.07 Å². The maximum absolute atomic E-state index is 12.9. The number of rotatable bonds is 5. The number of amides is 1. The maximum atomic E-state index is 12.9. The molecule has 0 aliphatic carbocycles. The normalized spacial score (nSPS) is 23.6. The number of nitrogens with one attached hydrogen (secondary N) is 1. The average molecular weight is 466 g/mol. The molecule has 3 saturated heterocycles. The molecule has 1 aromatic carbocycles. The van der Waals surface area contributed by atoms with E-state index < -0.39 is 11.9 Å². The molecular formula is C22H28ClN3O6. The number of benzene rings is 1. The van der Waals surface area contributed by atoms with Gasteiger partial charge in [0.2, 0.25) is 0 Å². The summed E-state index contributed by atoms with van der Waals surface area (Å²) in [6, 6.07) is 3.86. The minimum atomic E-state index is -1.26. The quantitative estimate of drug-likeness (QED) is 0.565. The highest BCUT2D eigenvalue weighted by molar-refractivity contribution is 6.31. The van der Waals surface area contributed by atoms with E-state index in [0.29, 0.717) is 41.0 Å². The Bertz CT molecular complexity index is 882. The number of nitrogens with zero attached hydrogens (tertiary/aromatic N) is 2. The zero-order valence-corrected chi connectivity index (χ0v) is 18.7. The highest BCUT2D eigenvalue weighted by Crippen LogP contribution is 2.38. The van der Waals surface area contributed by atoms with Gasteiger partial charge >= 0.3 is 11.9 Å². The molecule has 1 amide bonds. The lowest BCUT2D eigenvalue weighted by Gasteiger charge is -2.45. The topological polar surface area (TPSA) is 119 Å². The molecule has 0 spiro atoms. The fourth-order valence-corrected chi connectivity index (χ4v) is 4.57. The van der Waals surface area contributed by atoms with E-state index in [-0.39, 0.29) is 11.9 Å². The molecule has 32 heavy (non-hydrogen) atoms. The Morgan fingerprint density at radius 1 is 1.16 bits per heavy atom. The van der Waals surface area contributed by atoms with Crippen molar-refractivity contribution in [1.82, 2.24) is 10.2 Å². The summed E-state index contributed by atoms with van der Waals surface area (Å²) in [6.45, 7) is 7.69. The summed E-state index contributed by atoms with van der Waals surface area (Å²) in [7, 11) is 0. The number of carboxylic acids is 2. The lowest BCUT2D eigenvalue weighted by molar-refractivity contribution is -0.134. The molecule has 0 saturated carbocycles. The number of hydrogen-bond acceptors (Lipinski definition) is 6. The lowest BCUT2D eigenvalue weighted by Crippen LogP contribution is -2.57. The second kappa shape index (κ2) is 10.7. The molecule has 4 aliphatic heterocycles. The van der Waals surface area contributed by atoms with E-state index in [0.717, 1.165) is 38.4 Å². The SMILES string of the molecule is CCN1CCOc2c(C(=O)NC3CN4CCC3CC4)cc(Cl)cc21.O=C(O)C=CC(=O)O. The first-order valence-corrected chi connectivity index (χ1v) is 11.0. The van der Waals surface area contributed by atoms with Gasteiger partial charge in [0.15, 0.2) is 5.75 Å². The van der Waals surface area contributed by atoms with Crippen LogP contribution in [0, 0.1) is 5.92 Å². The van der Waals surface area contributed by atoms with Crippen molar-refractivity contribution in [2.45, 2.75) is 25.8 Å². The predicted octanol–water partition coefficient (Wildman–Crippen LogP) is 2.09. The van der Waals surface area contributed by atoms with Crippen molar-refractivity contribution >= 4 is 35.1 Å². The van der Waals surface area contributed by atoms with Crippen molar-refractivity contribution in [2.75, 3.05) is 44.2 Å². The van der Waals surface area contributed by atoms with Gasteiger partial charge in [0, 0.05) is 36.3 Å². The van der Waals surface area contributed by atoms with Crippen LogP contribution in [0.4, 0.5) is 5.69 Å². The van der Waals surface area contributed by atoms with Gasteiger partial charge in [0.25, 0.3) is 5.91 Å². The molecule has 174 valence electrons. The number of halogens is 1. The number of anilines is 1. The van der Waals surface area contributed by atoms with Crippen LogP contribution in [0.2, 0.25) is 5.02 Å². The summed E-state index contributed by atoms with van der Waals surface area (Å²) >= 11 is 6.28. The molecule has 4 heterocycles. The van der Waals surface area contributed by atoms with Crippen molar-refractivity contribution in [1.29, 1.82) is 0 Å². The van der Waals surface area contributed by atoms with Gasteiger partial charge < -0.3 is 30.1 Å². The predicted molar refractivity (Wildman–Crippen MR) is 120 cm³/mol. The molecule has 0 radical (unpaired) electrons. The van der Waals surface area contributed by atoms with Crippen molar-refractivity contribution in [3.63, 3.8) is 0 Å². The van der Waals surface area contributed by atoms with E-state index >= 15 is 0 Å². The first-order chi connectivity index (χ1) is 15.3. The third-order valence-electron chi connectivity index (χ3n) is 5.95. The van der Waals surface area contributed by atoms with E-state index in [4.69, 9.17) is 26.6 Å². The fourth-order valence-electron chi connectivity index (χ4n) is 4.36. The van der Waals surface area contributed by atoms with Gasteiger partial charge in [-0.2, -0.15) is 0 Å². The minimum Gasteiger partial charge on any atom is -0.489 e. The Kier molecular flexibility index (Phi) is 7.98. The van der Waals surface area contributed by atoms with Crippen LogP contribution in [0.5, 0.6) is 5.75 Å². The number of hydrogen-bond donors (Lipinski definition) is 3. The molecule has 4 aliphatic rings. The highest BCUT2D eigenvalue weighted by Gasteiger charge is 2.35. The molecule has 1 unspecified atom stereocenters. The highest BCUT2D eigenvalue weighted by atomic mass is 35.5. The third kappa shape index (κ3) is 5.92. The summed E-state index contributed by atoms with van der Waals surface area (Å²) in [5.74, 6) is -1.31. The molecule has 5 rings (SSSR count). The van der Waals surface area contributed by atoms with Crippen molar-refractivity contribution in [3.8, 4) is 5.75 Å². The maximum Gasteiger partial charge on any atom is 0.328 e. The molecule has 0 aromatic heterocycles. The zero-order valence-electron chi connectivity index (χ0n) is 17.9. The van der Waals surface area contributed by atoms with Crippen LogP contribution in [0.1, 0.15) is 30.1 Å². The Hall–Kier alpha value is -2.78. The standard InChI is InChI=1S/C18H24ClN3O2.C4H4O4/c1-2-22-7-8-24-17-14(9-13(19)10-16(17)22)18(23)20-15-11-21-5-3-12(15)4-6-21;5-3(6)1-2-4(7)8/h9-10,12,15H,2-8,11H2,1H3,(H,20,23);1-2H,(H,5,6)(H,7,8). The Balaban J connectivity index is 0.000000312. The molecule has 3 fully saturated rings. The number of carbonyl (C=O) groups is 3. The van der Waals surface area contributed by atoms with Crippen molar-refractivity contribution in [2.24, 2.45) is 5.92 Å². The molecular weight excluding hydrogens is 438 g/mol. The Morgan fingerprint density at radius 3 is 2.34 bits per heavy atom. The first kappa shape index (κ1) is 23.9. The van der Waals surface area contributed by atoms with E-state index in [2.05, 4.69) is 22.0 Å². The van der Waals surface area contributed by atoms with Crippen LogP contribution in [0.15, 0.2) is 24.3 Å². The summed E-state index contributed by atoms with van der Waals surface area (Å²) in [6.07, 6.45) is 3.47. The summed E-state index contributed by atoms with van der Waals surface area (Å²) in [5, 5.41) is 19.4. The minimum absolute atomic E-state index is 0.0644. The lowest BCUT2D eigenvalue weighted by atomic mass is 9.84. The summed E-state index contributed by atoms with van der Waals surface area (Å²) in [5.41, 5.74) is 1.49. The summed E-state index contributed by atoms with van der Waals surface area (Å²) < 4.78 is 5.84. The number of piperidine rings is 3. The second-order valence-electron chi connectivity index (χ2n) is 7.96. The van der Waals surface area contributed by atoms with Gasteiger partial charge in [-0.05, 0) is 50.9 Å². The average Bonchev–Trinajstić information content (AvgIpc) is 2.78. The zero-order chi connectivity index (χ0) is 23.3. The van der Waals surface area contributed by atoms with Crippen molar-refractivity contribution in [3.05, 3.63) is 34.9 Å². The van der Waals surface area contributed by atoms with Crippen LogP contribution < -0.4 is 15.0 Å². The second-order valence-corrected chi connectivity index (χ2v) is 8.39. The molecule has 1 atom stereocenters. The van der Waals surface area contributed by atoms with Crippen LogP contribution in [-0.2, 0) is 9.59 Å². The molecule has 1 aromatic rings. The number of likely N-dealkylation sites (N-methyl/N-ethyl adjacent to an activating group) is 1. The molecule has 9 nitrogen and oxygen atoms in total. The van der Waals surface area contributed by atoms with Crippen LogP contribution in [0.3, 0.4) is 0 Å². The Morgan fingerprint density at radius 2 is 1.81 bits per heavy atom. The monoisotopic (exact) mass is 465 g/mol. The van der Waals surface area contributed by atoms with Gasteiger partial charge in [-0.15, -0.1) is 0 Å². The number of carboxylic acid groups (broad SMARTS) is 2. The number of ether oxygens (including phenoxy) is 1. The van der Waals surface area contributed by atoms with Gasteiger partial charge in [0.05, 0.1) is 17.8 Å². The Labute approximate surface area is 191 Å². The first-order valence-electron chi connectivity index (χ1n) is 10.7. The number of fused-ring (bicyclic) bond motifs is 4. The molecule has 2 bridgehead atoms. The van der Waals surface area contributed by atoms with Gasteiger partial charge in [-0.25, -0.2) is 9.59 Å². The third-order valence-corrected chi connectivity index (χ3v) is 6.17. The van der Waals surface area contributed by atoms with Crippen LogP contribution in [-0.4, -0.2) is 78.3 Å². The van der Waals surface area contributed by atoms with E-state index in [1.165, 1.54) is 12.8 Å². The van der Waals surface area contributed by atoms with Gasteiger partial charge in [-0.3, -0.25) is 4.79 Å². The van der Waals surface area contributed by atoms with E-state index in [9.17, 15) is 14.4 Å². The summed E-state index contributed by atoms with van der Waals surface area (Å²) in [4.78, 5) is 36.7. The van der Waals surface area contributed by atoms with Crippen LogP contribution >= 0.6 is 11.6 Å². The number of carbonyl (C=O) groups excluding carboxylic acids is 1. The van der Waals surface area contributed by atoms with Crippen LogP contribution in [0.25, 0.3) is 0 Å². The van der Waals surface area contributed by atoms with Crippen molar-refractivity contribution < 1.29 is 29.3 Å². The molecule has 10 heteroatoms. The van der Waals surface area contributed by atoms with Gasteiger partial charge in [0.1, 0.15) is 6.61 Å². The number of aliphatic carboxylic acids is 2. The van der Waals surface area contributed by atoms with Gasteiger partial charge in [-0.1, -0.05) is 11.6 Å². The largest absolute Gasteiger partial charge is 0.489 e. The van der Waals surface area contributed by atoms with E-state index in [1.807, 2.05) is 6.07 Å². The molecule has 3 N–H and O–H groups in total. The smallest absolute Gasteiger partial charge is 0.328 e.